The van der Waals surface area contributed by atoms with Gasteiger partial charge >= 0.3 is 0 Å². The maximum atomic E-state index is 9.11. The Morgan fingerprint density at radius 3 is 2.11 bits per heavy atom. The van der Waals surface area contributed by atoms with E-state index in [4.69, 9.17) is 14.9 Å². The fraction of sp³-hybridized carbons (Fsp3) is 0.625. The zero-order valence-electron chi connectivity index (χ0n) is 12.3. The maximum absolute atomic E-state index is 9.11. The molecule has 1 saturated carbocycles. The topological polar surface area (TPSA) is 38.7 Å². The first kappa shape index (κ1) is 15.8. The van der Waals surface area contributed by atoms with Gasteiger partial charge in [-0.1, -0.05) is 27.2 Å². The van der Waals surface area contributed by atoms with Crippen LogP contribution >= 0.6 is 0 Å². The first-order chi connectivity index (χ1) is 9.15. The minimum Gasteiger partial charge on any atom is -0.508 e. The van der Waals surface area contributed by atoms with Crippen molar-refractivity contribution in [1.82, 2.24) is 0 Å². The van der Waals surface area contributed by atoms with Gasteiger partial charge in [0.2, 0.25) is 0 Å². The van der Waals surface area contributed by atoms with E-state index in [1.165, 1.54) is 19.3 Å². The molecule has 1 aromatic carbocycles. The Kier molecular flexibility index (Phi) is 7.34. The smallest absolute Gasteiger partial charge is 0.165 e. The summed E-state index contributed by atoms with van der Waals surface area (Å²) in [6.07, 6.45) is 6.02. The van der Waals surface area contributed by atoms with Crippen molar-refractivity contribution in [2.75, 3.05) is 0 Å². The van der Waals surface area contributed by atoms with Gasteiger partial charge in [0.25, 0.3) is 0 Å². The van der Waals surface area contributed by atoms with Crippen molar-refractivity contribution in [2.24, 2.45) is 5.92 Å². The molecule has 0 saturated heterocycles. The van der Waals surface area contributed by atoms with Crippen molar-refractivity contribution in [2.45, 2.75) is 59.0 Å². The highest BCUT2D eigenvalue weighted by Gasteiger charge is 2.19. The highest BCUT2D eigenvalue weighted by Crippen LogP contribution is 2.26. The number of rotatable bonds is 3. The zero-order chi connectivity index (χ0) is 14.1. The quantitative estimate of drug-likeness (QED) is 0.636. The largest absolute Gasteiger partial charge is 0.508 e. The number of hydrogen-bond donors (Lipinski definition) is 1. The molecule has 1 aromatic rings. The summed E-state index contributed by atoms with van der Waals surface area (Å²) in [4.78, 5) is 10.6. The Bertz CT molecular complexity index is 326. The lowest BCUT2D eigenvalue weighted by Gasteiger charge is -2.24. The summed E-state index contributed by atoms with van der Waals surface area (Å²) in [5, 5.41) is 9.11. The van der Waals surface area contributed by atoms with Gasteiger partial charge in [-0.15, -0.1) is 0 Å². The van der Waals surface area contributed by atoms with Crippen LogP contribution in [0.5, 0.6) is 11.5 Å². The van der Waals surface area contributed by atoms with Crippen LogP contribution in [-0.4, -0.2) is 11.2 Å². The predicted octanol–water partition coefficient (Wildman–Crippen LogP) is 4.70. The Balaban J connectivity index is 0.000000550. The van der Waals surface area contributed by atoms with Crippen LogP contribution in [0.25, 0.3) is 0 Å². The van der Waals surface area contributed by atoms with Gasteiger partial charge in [-0.3, -0.25) is 0 Å². The van der Waals surface area contributed by atoms with Crippen LogP contribution in [0, 0.1) is 5.92 Å². The summed E-state index contributed by atoms with van der Waals surface area (Å²) >= 11 is 0. The van der Waals surface area contributed by atoms with Gasteiger partial charge in [-0.25, -0.2) is 0 Å². The minimum absolute atomic E-state index is 0.213. The van der Waals surface area contributed by atoms with Crippen molar-refractivity contribution in [3.8, 4) is 11.5 Å². The van der Waals surface area contributed by atoms with E-state index in [2.05, 4.69) is 20.8 Å². The molecule has 2 rings (SSSR count). The molecule has 0 bridgehead atoms. The molecule has 0 aromatic heterocycles. The van der Waals surface area contributed by atoms with Crippen molar-refractivity contribution >= 4 is 0 Å². The van der Waals surface area contributed by atoms with Crippen LogP contribution in [0.4, 0.5) is 0 Å². The highest BCUT2D eigenvalue weighted by molar-refractivity contribution is 5.29. The average Bonchev–Trinajstić information content (AvgIpc) is 2.41. The summed E-state index contributed by atoms with van der Waals surface area (Å²) < 4.78 is 0. The molecular weight excluding hydrogens is 240 g/mol. The van der Waals surface area contributed by atoms with Crippen LogP contribution in [0.3, 0.4) is 0 Å². The molecule has 0 spiro atoms. The molecule has 0 aliphatic heterocycles. The first-order valence-corrected chi connectivity index (χ1v) is 7.28. The van der Waals surface area contributed by atoms with Crippen LogP contribution in [0.15, 0.2) is 24.3 Å². The van der Waals surface area contributed by atoms with Crippen molar-refractivity contribution in [1.29, 1.82) is 0 Å². The van der Waals surface area contributed by atoms with Gasteiger partial charge in [0.1, 0.15) is 11.9 Å². The molecule has 0 heterocycles. The lowest BCUT2D eigenvalue weighted by Crippen LogP contribution is -2.21. The number of phenols is 1. The molecule has 108 valence electrons. The van der Waals surface area contributed by atoms with Crippen molar-refractivity contribution in [3.05, 3.63) is 24.3 Å². The van der Waals surface area contributed by atoms with E-state index < -0.39 is 0 Å². The second kappa shape index (κ2) is 8.81. The van der Waals surface area contributed by atoms with Gasteiger partial charge in [0, 0.05) is 0 Å². The number of hydrogen-bond acceptors (Lipinski definition) is 3. The van der Waals surface area contributed by atoms with Gasteiger partial charge in [0.15, 0.2) is 5.75 Å². The van der Waals surface area contributed by atoms with Crippen LogP contribution < -0.4 is 4.89 Å². The Labute approximate surface area is 116 Å². The first-order valence-electron chi connectivity index (χ1n) is 7.28. The van der Waals surface area contributed by atoms with E-state index >= 15 is 0 Å². The van der Waals surface area contributed by atoms with E-state index in [-0.39, 0.29) is 11.9 Å². The van der Waals surface area contributed by atoms with Crippen LogP contribution in [0.2, 0.25) is 0 Å². The molecule has 0 atom stereocenters. The summed E-state index contributed by atoms with van der Waals surface area (Å²) in [5.41, 5.74) is 0. The molecule has 0 radical (unpaired) electrons. The minimum atomic E-state index is 0.213. The fourth-order valence-electron chi connectivity index (χ4n) is 1.95. The Morgan fingerprint density at radius 2 is 1.58 bits per heavy atom. The van der Waals surface area contributed by atoms with Gasteiger partial charge in [-0.05, 0) is 55.9 Å². The summed E-state index contributed by atoms with van der Waals surface area (Å²) in [7, 11) is 0. The molecular formula is C16H26O3. The molecule has 1 aliphatic carbocycles. The fourth-order valence-corrected chi connectivity index (χ4v) is 1.95. The van der Waals surface area contributed by atoms with E-state index in [0.29, 0.717) is 5.75 Å². The van der Waals surface area contributed by atoms with E-state index in [9.17, 15) is 0 Å². The molecule has 1 N–H and O–H groups in total. The van der Waals surface area contributed by atoms with E-state index in [0.717, 1.165) is 18.8 Å². The zero-order valence-corrected chi connectivity index (χ0v) is 12.3. The Hall–Kier alpha value is -1.22. The summed E-state index contributed by atoms with van der Waals surface area (Å²) in [6.45, 7) is 6.52. The van der Waals surface area contributed by atoms with Gasteiger partial charge in [-0.2, -0.15) is 4.89 Å². The normalized spacial score (nSPS) is 22.3. The monoisotopic (exact) mass is 266 g/mol. The molecule has 3 nitrogen and oxygen atoms in total. The lowest BCUT2D eigenvalue weighted by atomic mass is 9.89. The second-order valence-electron chi connectivity index (χ2n) is 5.26. The number of phenolic OH excluding ortho intramolecular Hbond substituents is 1. The number of benzene rings is 1. The molecule has 3 heteroatoms. The van der Waals surface area contributed by atoms with Crippen molar-refractivity contribution < 1.29 is 14.9 Å². The van der Waals surface area contributed by atoms with E-state index in [1.54, 1.807) is 24.3 Å². The van der Waals surface area contributed by atoms with Gasteiger partial charge < -0.3 is 9.99 Å². The second-order valence-corrected chi connectivity index (χ2v) is 5.26. The lowest BCUT2D eigenvalue weighted by molar-refractivity contribution is -0.252. The highest BCUT2D eigenvalue weighted by atomic mass is 17.2. The van der Waals surface area contributed by atoms with Crippen LogP contribution in [-0.2, 0) is 4.89 Å². The molecule has 1 fully saturated rings. The third-order valence-electron chi connectivity index (χ3n) is 3.08. The summed E-state index contributed by atoms with van der Waals surface area (Å²) in [6, 6.07) is 6.56. The third kappa shape index (κ3) is 6.48. The molecule has 0 unspecified atom stereocenters. The molecule has 19 heavy (non-hydrogen) atoms. The SMILES string of the molecule is CC1CCC(OOc2ccc(O)cc2)CC1.CCC. The number of aromatic hydroxyl groups is 1. The van der Waals surface area contributed by atoms with Gasteiger partial charge in [0.05, 0.1) is 0 Å². The predicted molar refractivity (Wildman–Crippen MR) is 77.2 cm³/mol. The van der Waals surface area contributed by atoms with E-state index in [1.807, 2.05) is 0 Å². The standard InChI is InChI=1S/C13H18O3.C3H8/c1-10-2-6-12(7-3-10)15-16-13-8-4-11(14)5-9-13;1-3-2/h4-5,8-10,12,14H,2-3,6-7H2,1H3;3H2,1-2H3. The summed E-state index contributed by atoms with van der Waals surface area (Å²) in [5.74, 6) is 1.68. The average molecular weight is 266 g/mol. The van der Waals surface area contributed by atoms with Crippen LogP contribution in [0.1, 0.15) is 52.9 Å². The molecule has 1 aliphatic rings. The third-order valence-corrected chi connectivity index (χ3v) is 3.08. The van der Waals surface area contributed by atoms with Crippen molar-refractivity contribution in [3.63, 3.8) is 0 Å². The molecule has 0 amide bonds. The maximum Gasteiger partial charge on any atom is 0.165 e. The Morgan fingerprint density at radius 1 is 1.05 bits per heavy atom.